The van der Waals surface area contributed by atoms with Gasteiger partial charge in [-0.1, -0.05) is 0 Å². The van der Waals surface area contributed by atoms with Crippen molar-refractivity contribution in [2.24, 2.45) is 0 Å². The number of aryl methyl sites for hydroxylation is 1. The zero-order valence-electron chi connectivity index (χ0n) is 8.27. The van der Waals surface area contributed by atoms with Crippen molar-refractivity contribution in [3.05, 3.63) is 11.9 Å². The Morgan fingerprint density at radius 2 is 2.15 bits per heavy atom. The van der Waals surface area contributed by atoms with Gasteiger partial charge in [-0.15, -0.1) is 0 Å². The number of hydrogen-bond donors (Lipinski definition) is 0. The Balaban J connectivity index is 0.00000144. The van der Waals surface area contributed by atoms with Gasteiger partial charge >= 0.3 is 29.6 Å². The van der Waals surface area contributed by atoms with E-state index in [-0.39, 0.29) is 40.5 Å². The third-order valence-corrected chi connectivity index (χ3v) is 2.34. The second-order valence-electron chi connectivity index (χ2n) is 2.89. The molecule has 0 fully saturated rings. The first-order valence-corrected chi connectivity index (χ1v) is 4.75. The smallest absolute Gasteiger partial charge is 0.768 e. The summed E-state index contributed by atoms with van der Waals surface area (Å²) in [6.07, 6.45) is 1.54. The minimum absolute atomic E-state index is 0. The van der Waals surface area contributed by atoms with Gasteiger partial charge in [0.15, 0.2) is 0 Å². The maximum Gasteiger partial charge on any atom is 1.00 e. The monoisotopic (exact) mass is 210 g/mol. The predicted molar refractivity (Wildman–Crippen MR) is 44.5 cm³/mol. The average molecular weight is 210 g/mol. The Morgan fingerprint density at radius 1 is 1.62 bits per heavy atom. The standard InChI is InChI=1S/C7H12N2O2S.Na/c1-5(2)9-4-7(12(10)11)6(3)8-9;/h4-5H,1-3H3,(H,10,11);/q;+1/p-1. The third-order valence-electron chi connectivity index (χ3n) is 1.58. The molecule has 1 aromatic rings. The first-order valence-electron chi connectivity index (χ1n) is 3.67. The van der Waals surface area contributed by atoms with Crippen molar-refractivity contribution >= 4 is 11.1 Å². The molecule has 1 aromatic heterocycles. The van der Waals surface area contributed by atoms with Gasteiger partial charge in [0.2, 0.25) is 0 Å². The van der Waals surface area contributed by atoms with Gasteiger partial charge in [-0.2, -0.15) is 5.10 Å². The quantitative estimate of drug-likeness (QED) is 0.419. The summed E-state index contributed by atoms with van der Waals surface area (Å²) in [5, 5.41) is 4.06. The van der Waals surface area contributed by atoms with E-state index in [1.807, 2.05) is 13.8 Å². The zero-order valence-corrected chi connectivity index (χ0v) is 11.1. The molecule has 1 rings (SSSR count). The minimum atomic E-state index is -2.17. The van der Waals surface area contributed by atoms with Crippen molar-refractivity contribution in [2.45, 2.75) is 31.7 Å². The van der Waals surface area contributed by atoms with E-state index in [9.17, 15) is 8.76 Å². The van der Waals surface area contributed by atoms with Gasteiger partial charge in [0.1, 0.15) is 0 Å². The fourth-order valence-electron chi connectivity index (χ4n) is 0.893. The summed E-state index contributed by atoms with van der Waals surface area (Å²) in [5.74, 6) is 0. The summed E-state index contributed by atoms with van der Waals surface area (Å²) in [4.78, 5) is 0.281. The van der Waals surface area contributed by atoms with Crippen molar-refractivity contribution in [1.82, 2.24) is 9.78 Å². The van der Waals surface area contributed by atoms with Gasteiger partial charge in [-0.25, -0.2) is 0 Å². The van der Waals surface area contributed by atoms with Crippen molar-refractivity contribution in [1.29, 1.82) is 0 Å². The first-order chi connectivity index (χ1) is 5.52. The second kappa shape index (κ2) is 5.26. The topological polar surface area (TPSA) is 58.0 Å². The van der Waals surface area contributed by atoms with Crippen LogP contribution < -0.4 is 29.6 Å². The van der Waals surface area contributed by atoms with Crippen LogP contribution in [0.25, 0.3) is 0 Å². The van der Waals surface area contributed by atoms with E-state index in [0.717, 1.165) is 0 Å². The largest absolute Gasteiger partial charge is 1.00 e. The van der Waals surface area contributed by atoms with Crippen LogP contribution in [0.5, 0.6) is 0 Å². The number of nitrogens with zero attached hydrogens (tertiary/aromatic N) is 2. The van der Waals surface area contributed by atoms with Crippen molar-refractivity contribution in [3.63, 3.8) is 0 Å². The Kier molecular flexibility index (Phi) is 5.39. The Bertz CT molecular complexity index is 311. The summed E-state index contributed by atoms with van der Waals surface area (Å²) < 4.78 is 22.8. The summed E-state index contributed by atoms with van der Waals surface area (Å²) >= 11 is -2.17. The molecule has 13 heavy (non-hydrogen) atoms. The van der Waals surface area contributed by atoms with E-state index < -0.39 is 11.1 Å². The molecule has 0 aliphatic carbocycles. The Labute approximate surface area is 102 Å². The van der Waals surface area contributed by atoms with Gasteiger partial charge in [0.05, 0.1) is 10.6 Å². The van der Waals surface area contributed by atoms with Crippen LogP contribution in [0, 0.1) is 6.92 Å². The molecule has 1 heterocycles. The maximum atomic E-state index is 10.6. The van der Waals surface area contributed by atoms with Crippen molar-refractivity contribution < 1.29 is 38.3 Å². The molecule has 1 unspecified atom stereocenters. The van der Waals surface area contributed by atoms with Crippen LogP contribution in [0.4, 0.5) is 0 Å². The molecule has 0 spiro atoms. The number of rotatable bonds is 2. The molecule has 0 amide bonds. The normalized spacial score (nSPS) is 12.7. The molecule has 0 aromatic carbocycles. The van der Waals surface area contributed by atoms with Crippen LogP contribution in [0.3, 0.4) is 0 Å². The van der Waals surface area contributed by atoms with E-state index in [4.69, 9.17) is 0 Å². The number of hydrogen-bond acceptors (Lipinski definition) is 3. The zero-order chi connectivity index (χ0) is 9.30. The van der Waals surface area contributed by atoms with Crippen molar-refractivity contribution in [3.8, 4) is 0 Å². The molecule has 6 heteroatoms. The molecule has 0 bridgehead atoms. The summed E-state index contributed by atoms with van der Waals surface area (Å²) in [5.41, 5.74) is 0.553. The van der Waals surface area contributed by atoms with E-state index >= 15 is 0 Å². The molecule has 0 aliphatic heterocycles. The minimum Gasteiger partial charge on any atom is -0.768 e. The van der Waals surface area contributed by atoms with Crippen LogP contribution in [-0.2, 0) is 11.1 Å². The van der Waals surface area contributed by atoms with E-state index in [2.05, 4.69) is 5.10 Å². The fourth-order valence-corrected chi connectivity index (χ4v) is 1.37. The van der Waals surface area contributed by atoms with E-state index in [1.165, 1.54) is 0 Å². The summed E-state index contributed by atoms with van der Waals surface area (Å²) in [6.45, 7) is 5.58. The SMILES string of the molecule is Cc1nn(C(C)C)cc1S(=O)[O-].[Na+]. The molecule has 0 saturated heterocycles. The fraction of sp³-hybridized carbons (Fsp3) is 0.571. The Hall–Kier alpha value is 0.320. The summed E-state index contributed by atoms with van der Waals surface area (Å²) in [6, 6.07) is 0.195. The molecule has 0 saturated carbocycles. The second-order valence-corrected chi connectivity index (χ2v) is 3.80. The molecule has 1 atom stereocenters. The molecular formula is C7H11N2NaO2S. The molecule has 0 radical (unpaired) electrons. The van der Waals surface area contributed by atoms with E-state index in [0.29, 0.717) is 5.69 Å². The maximum absolute atomic E-state index is 10.6. The van der Waals surface area contributed by atoms with Gasteiger partial charge in [-0.3, -0.25) is 8.89 Å². The average Bonchev–Trinajstić information content (AvgIpc) is 2.30. The van der Waals surface area contributed by atoms with Crippen LogP contribution in [0.15, 0.2) is 11.1 Å². The molecule has 0 N–H and O–H groups in total. The molecule has 4 nitrogen and oxygen atoms in total. The van der Waals surface area contributed by atoms with Gasteiger partial charge < -0.3 is 4.55 Å². The van der Waals surface area contributed by atoms with Gasteiger partial charge in [0, 0.05) is 12.2 Å². The van der Waals surface area contributed by atoms with Crippen LogP contribution in [-0.4, -0.2) is 18.5 Å². The van der Waals surface area contributed by atoms with Gasteiger partial charge in [-0.05, 0) is 31.9 Å². The van der Waals surface area contributed by atoms with Crippen LogP contribution in [0.1, 0.15) is 25.6 Å². The summed E-state index contributed by atoms with van der Waals surface area (Å²) in [7, 11) is 0. The van der Waals surface area contributed by atoms with Crippen LogP contribution >= 0.6 is 0 Å². The van der Waals surface area contributed by atoms with Crippen molar-refractivity contribution in [2.75, 3.05) is 0 Å². The van der Waals surface area contributed by atoms with Gasteiger partial charge in [0.25, 0.3) is 0 Å². The van der Waals surface area contributed by atoms with Crippen LogP contribution in [0.2, 0.25) is 0 Å². The Morgan fingerprint density at radius 3 is 2.38 bits per heavy atom. The predicted octanol–water partition coefficient (Wildman–Crippen LogP) is -1.99. The molecule has 68 valence electrons. The number of aromatic nitrogens is 2. The molecular weight excluding hydrogens is 199 g/mol. The molecule has 0 aliphatic rings. The van der Waals surface area contributed by atoms with E-state index in [1.54, 1.807) is 17.8 Å². The third kappa shape index (κ3) is 3.18. The first kappa shape index (κ1) is 13.3.